The van der Waals surface area contributed by atoms with Crippen LogP contribution in [0.5, 0.6) is 0 Å². The molecular weight excluding hydrogens is 140 g/mol. The molecule has 1 saturated carbocycles. The van der Waals surface area contributed by atoms with Crippen molar-refractivity contribution in [2.45, 2.75) is 38.9 Å². The summed E-state index contributed by atoms with van der Waals surface area (Å²) in [7, 11) is 0. The molecule has 1 N–H and O–H groups in total. The fourth-order valence-corrected chi connectivity index (χ4v) is 2.50. The summed E-state index contributed by atoms with van der Waals surface area (Å²) in [6.45, 7) is 5.06. The van der Waals surface area contributed by atoms with Gasteiger partial charge in [-0.05, 0) is 12.8 Å². The van der Waals surface area contributed by atoms with E-state index in [1.165, 1.54) is 0 Å². The number of hydrogen-bond acceptors (Lipinski definition) is 2. The Hall–Kier alpha value is -0.0800. The number of ether oxygens (including phenoxy) is 1. The molecule has 0 aromatic carbocycles. The first kappa shape index (κ1) is 7.56. The third-order valence-corrected chi connectivity index (χ3v) is 3.27. The van der Waals surface area contributed by atoms with Gasteiger partial charge in [-0.3, -0.25) is 0 Å². The Balaban J connectivity index is 2.09. The second kappa shape index (κ2) is 2.20. The molecule has 1 aliphatic carbocycles. The van der Waals surface area contributed by atoms with Gasteiger partial charge in [0.15, 0.2) is 0 Å². The lowest BCUT2D eigenvalue weighted by atomic mass is 9.57. The Morgan fingerprint density at radius 2 is 2.18 bits per heavy atom. The van der Waals surface area contributed by atoms with Crippen molar-refractivity contribution in [3.63, 3.8) is 0 Å². The highest BCUT2D eigenvalue weighted by Crippen LogP contribution is 2.50. The van der Waals surface area contributed by atoms with Crippen LogP contribution in [-0.2, 0) is 4.74 Å². The molecule has 0 aromatic rings. The largest absolute Gasteiger partial charge is 0.392 e. The maximum Gasteiger partial charge on any atom is 0.0703 e. The van der Waals surface area contributed by atoms with Gasteiger partial charge in [0.1, 0.15) is 0 Å². The van der Waals surface area contributed by atoms with Crippen LogP contribution in [-0.4, -0.2) is 23.9 Å². The molecule has 2 rings (SSSR count). The lowest BCUT2D eigenvalue weighted by Gasteiger charge is -2.57. The minimum Gasteiger partial charge on any atom is -0.392 e. The van der Waals surface area contributed by atoms with E-state index in [0.717, 1.165) is 19.4 Å². The van der Waals surface area contributed by atoms with E-state index < -0.39 is 0 Å². The van der Waals surface area contributed by atoms with E-state index in [0.29, 0.717) is 12.0 Å². The van der Waals surface area contributed by atoms with Gasteiger partial charge < -0.3 is 9.84 Å². The third kappa shape index (κ3) is 0.859. The Morgan fingerprint density at radius 1 is 1.45 bits per heavy atom. The predicted molar refractivity (Wildman–Crippen MR) is 42.3 cm³/mol. The van der Waals surface area contributed by atoms with Crippen molar-refractivity contribution >= 4 is 0 Å². The van der Waals surface area contributed by atoms with E-state index in [-0.39, 0.29) is 11.5 Å². The smallest absolute Gasteiger partial charge is 0.0703 e. The van der Waals surface area contributed by atoms with Crippen molar-refractivity contribution in [2.24, 2.45) is 11.3 Å². The van der Waals surface area contributed by atoms with Crippen molar-refractivity contribution in [1.29, 1.82) is 0 Å². The maximum absolute atomic E-state index is 9.69. The minimum absolute atomic E-state index is 0.00505. The number of hydrogen-bond donors (Lipinski definition) is 1. The average molecular weight is 156 g/mol. The summed E-state index contributed by atoms with van der Waals surface area (Å²) in [6.07, 6.45) is 2.46. The fraction of sp³-hybridized carbons (Fsp3) is 1.00. The Kier molecular flexibility index (Phi) is 1.52. The van der Waals surface area contributed by atoms with Crippen LogP contribution >= 0.6 is 0 Å². The van der Waals surface area contributed by atoms with Gasteiger partial charge in [0, 0.05) is 17.9 Å². The highest BCUT2D eigenvalue weighted by Gasteiger charge is 2.57. The first-order valence-corrected chi connectivity index (χ1v) is 4.43. The lowest BCUT2D eigenvalue weighted by Crippen LogP contribution is -2.64. The molecule has 11 heavy (non-hydrogen) atoms. The van der Waals surface area contributed by atoms with Crippen molar-refractivity contribution < 1.29 is 9.84 Å². The summed E-state index contributed by atoms with van der Waals surface area (Å²) in [5.74, 6) is 0.429. The molecule has 2 aliphatic rings. The highest BCUT2D eigenvalue weighted by atomic mass is 16.5. The van der Waals surface area contributed by atoms with Gasteiger partial charge in [-0.2, -0.15) is 0 Å². The molecule has 0 bridgehead atoms. The van der Waals surface area contributed by atoms with Crippen LogP contribution < -0.4 is 0 Å². The predicted octanol–water partition coefficient (Wildman–Crippen LogP) is 1.18. The molecule has 2 heteroatoms. The van der Waals surface area contributed by atoms with E-state index in [2.05, 4.69) is 13.8 Å². The molecule has 0 unspecified atom stereocenters. The van der Waals surface area contributed by atoms with E-state index in [9.17, 15) is 5.11 Å². The molecule has 1 heterocycles. The Bertz CT molecular complexity index is 165. The number of fused-ring (bicyclic) bond motifs is 1. The van der Waals surface area contributed by atoms with E-state index in [1.54, 1.807) is 0 Å². The van der Waals surface area contributed by atoms with Gasteiger partial charge in [-0.25, -0.2) is 0 Å². The van der Waals surface area contributed by atoms with Gasteiger partial charge in [-0.1, -0.05) is 13.8 Å². The van der Waals surface area contributed by atoms with Crippen molar-refractivity contribution in [1.82, 2.24) is 0 Å². The van der Waals surface area contributed by atoms with Crippen LogP contribution in [0, 0.1) is 11.3 Å². The summed E-state index contributed by atoms with van der Waals surface area (Å²) in [5.41, 5.74) is 0.00505. The summed E-state index contributed by atoms with van der Waals surface area (Å²) >= 11 is 0. The Labute approximate surface area is 67.6 Å². The van der Waals surface area contributed by atoms with Crippen LogP contribution in [0.15, 0.2) is 0 Å². The van der Waals surface area contributed by atoms with E-state index in [1.807, 2.05) is 0 Å². The molecule has 64 valence electrons. The first-order chi connectivity index (χ1) is 5.14. The minimum atomic E-state index is -0.132. The molecule has 3 atom stereocenters. The zero-order chi connectivity index (χ0) is 8.06. The summed E-state index contributed by atoms with van der Waals surface area (Å²) in [6, 6.07) is 0. The quantitative estimate of drug-likeness (QED) is 0.570. The zero-order valence-corrected chi connectivity index (χ0v) is 7.21. The van der Waals surface area contributed by atoms with Crippen LogP contribution in [0.4, 0.5) is 0 Å². The molecule has 1 saturated heterocycles. The van der Waals surface area contributed by atoms with E-state index in [4.69, 9.17) is 4.74 Å². The molecule has 1 aliphatic heterocycles. The SMILES string of the molecule is CC1(C)[C@@H]2OCCC[C@H]2[C@@H]1O. The van der Waals surface area contributed by atoms with Crippen molar-refractivity contribution in [2.75, 3.05) is 6.61 Å². The summed E-state index contributed by atoms with van der Waals surface area (Å²) in [4.78, 5) is 0. The topological polar surface area (TPSA) is 29.5 Å². The highest BCUT2D eigenvalue weighted by molar-refractivity contribution is 5.06. The number of aliphatic hydroxyl groups excluding tert-OH is 1. The van der Waals surface area contributed by atoms with Crippen molar-refractivity contribution in [3.8, 4) is 0 Å². The number of aliphatic hydroxyl groups is 1. The van der Waals surface area contributed by atoms with Gasteiger partial charge >= 0.3 is 0 Å². The molecule has 0 aromatic heterocycles. The summed E-state index contributed by atoms with van der Waals surface area (Å²) < 4.78 is 5.60. The third-order valence-electron chi connectivity index (χ3n) is 3.27. The van der Waals surface area contributed by atoms with Crippen LogP contribution in [0.2, 0.25) is 0 Å². The molecule has 0 spiro atoms. The van der Waals surface area contributed by atoms with Crippen LogP contribution in [0.1, 0.15) is 26.7 Å². The number of rotatable bonds is 0. The van der Waals surface area contributed by atoms with E-state index >= 15 is 0 Å². The molecule has 0 amide bonds. The molecular formula is C9H16O2. The zero-order valence-electron chi connectivity index (χ0n) is 7.21. The maximum atomic E-state index is 9.69. The Morgan fingerprint density at radius 3 is 2.82 bits per heavy atom. The van der Waals surface area contributed by atoms with Gasteiger partial charge in [0.2, 0.25) is 0 Å². The second-order valence-electron chi connectivity index (χ2n) is 4.36. The van der Waals surface area contributed by atoms with Gasteiger partial charge in [-0.15, -0.1) is 0 Å². The van der Waals surface area contributed by atoms with Gasteiger partial charge in [0.05, 0.1) is 12.2 Å². The lowest BCUT2D eigenvalue weighted by molar-refractivity contribution is -0.244. The van der Waals surface area contributed by atoms with Gasteiger partial charge in [0.25, 0.3) is 0 Å². The molecule has 2 nitrogen and oxygen atoms in total. The molecule has 2 fully saturated rings. The average Bonchev–Trinajstić information content (AvgIpc) is 2.04. The standard InChI is InChI=1S/C9H16O2/c1-9(2)7(10)6-4-3-5-11-8(6)9/h6-8,10H,3-5H2,1-2H3/t6-,7-,8+/m0/s1. The second-order valence-corrected chi connectivity index (χ2v) is 4.36. The first-order valence-electron chi connectivity index (χ1n) is 4.43. The monoisotopic (exact) mass is 156 g/mol. The molecule has 0 radical (unpaired) electrons. The normalized spacial score (nSPS) is 47.7. The van der Waals surface area contributed by atoms with Crippen LogP contribution in [0.25, 0.3) is 0 Å². The fourth-order valence-electron chi connectivity index (χ4n) is 2.50. The summed E-state index contributed by atoms with van der Waals surface area (Å²) in [5, 5.41) is 9.69. The van der Waals surface area contributed by atoms with Crippen molar-refractivity contribution in [3.05, 3.63) is 0 Å². The van der Waals surface area contributed by atoms with Crippen LogP contribution in [0.3, 0.4) is 0 Å².